The summed E-state index contributed by atoms with van der Waals surface area (Å²) in [6.45, 7) is 3.46. The second kappa shape index (κ2) is 4.63. The van der Waals surface area contributed by atoms with Crippen molar-refractivity contribution in [3.63, 3.8) is 0 Å². The third kappa shape index (κ3) is 2.29. The molecular weight excluding hydrogens is 174 g/mol. The van der Waals surface area contributed by atoms with Gasteiger partial charge < -0.3 is 5.11 Å². The highest BCUT2D eigenvalue weighted by Crippen LogP contribution is 2.34. The fourth-order valence-corrected chi connectivity index (χ4v) is 2.67. The van der Waals surface area contributed by atoms with Gasteiger partial charge in [0.1, 0.15) is 0 Å². The van der Waals surface area contributed by atoms with E-state index in [0.29, 0.717) is 6.04 Å². The van der Waals surface area contributed by atoms with Gasteiger partial charge >= 0.3 is 0 Å². The minimum absolute atomic E-state index is 0.0348. The van der Waals surface area contributed by atoms with Crippen molar-refractivity contribution < 1.29 is 5.11 Å². The molecule has 2 aliphatic rings. The van der Waals surface area contributed by atoms with Crippen molar-refractivity contribution in [2.24, 2.45) is 0 Å². The van der Waals surface area contributed by atoms with Crippen LogP contribution in [0.1, 0.15) is 51.9 Å². The molecule has 0 radical (unpaired) electrons. The van der Waals surface area contributed by atoms with E-state index in [1.54, 1.807) is 0 Å². The van der Waals surface area contributed by atoms with Crippen LogP contribution in [0.5, 0.6) is 0 Å². The molecule has 0 heterocycles. The monoisotopic (exact) mass is 197 g/mol. The van der Waals surface area contributed by atoms with E-state index in [0.717, 1.165) is 12.5 Å². The summed E-state index contributed by atoms with van der Waals surface area (Å²) in [5.74, 6) is 0. The van der Waals surface area contributed by atoms with Gasteiger partial charge in [-0.2, -0.15) is 0 Å². The van der Waals surface area contributed by atoms with Gasteiger partial charge in [-0.15, -0.1) is 0 Å². The molecule has 2 nitrogen and oxygen atoms in total. The van der Waals surface area contributed by atoms with Gasteiger partial charge in [-0.25, -0.2) is 0 Å². The maximum Gasteiger partial charge on any atom is 0.0695 e. The molecule has 0 saturated heterocycles. The second-order valence-electron chi connectivity index (χ2n) is 4.89. The molecule has 0 bridgehead atoms. The van der Waals surface area contributed by atoms with Gasteiger partial charge in [0.25, 0.3) is 0 Å². The first-order valence-electron chi connectivity index (χ1n) is 6.26. The largest absolute Gasteiger partial charge is 0.391 e. The maximum absolute atomic E-state index is 9.89. The van der Waals surface area contributed by atoms with Gasteiger partial charge in [0.15, 0.2) is 0 Å². The number of hydrogen-bond acceptors (Lipinski definition) is 2. The standard InChI is InChI=1S/C12H23NO/c1-2-3-9-13(10-7-8-10)11-5-4-6-12(11)14/h10-12,14H,2-9H2,1H3/t11-,12-/m0/s1. The minimum Gasteiger partial charge on any atom is -0.391 e. The minimum atomic E-state index is -0.0348. The average Bonchev–Trinajstić information content (AvgIpc) is 2.92. The molecule has 0 aliphatic heterocycles. The quantitative estimate of drug-likeness (QED) is 0.730. The highest BCUT2D eigenvalue weighted by atomic mass is 16.3. The van der Waals surface area contributed by atoms with Crippen molar-refractivity contribution in [3.05, 3.63) is 0 Å². The van der Waals surface area contributed by atoms with Crippen LogP contribution in [0.15, 0.2) is 0 Å². The zero-order valence-electron chi connectivity index (χ0n) is 9.28. The van der Waals surface area contributed by atoms with Crippen molar-refractivity contribution in [1.29, 1.82) is 0 Å². The Balaban J connectivity index is 1.88. The lowest BCUT2D eigenvalue weighted by Crippen LogP contribution is -2.42. The summed E-state index contributed by atoms with van der Waals surface area (Å²) in [6.07, 6.45) is 8.74. The first-order valence-corrected chi connectivity index (χ1v) is 6.26. The van der Waals surface area contributed by atoms with Crippen LogP contribution in [0.25, 0.3) is 0 Å². The fraction of sp³-hybridized carbons (Fsp3) is 1.00. The van der Waals surface area contributed by atoms with Gasteiger partial charge in [0.05, 0.1) is 6.10 Å². The van der Waals surface area contributed by atoms with Crippen molar-refractivity contribution in [3.8, 4) is 0 Å². The van der Waals surface area contributed by atoms with E-state index in [2.05, 4.69) is 11.8 Å². The van der Waals surface area contributed by atoms with Gasteiger partial charge in [0.2, 0.25) is 0 Å². The second-order valence-corrected chi connectivity index (χ2v) is 4.89. The first-order chi connectivity index (χ1) is 6.83. The molecule has 0 aromatic carbocycles. The molecule has 2 fully saturated rings. The highest BCUT2D eigenvalue weighted by Gasteiger charge is 2.38. The number of unbranched alkanes of at least 4 members (excludes halogenated alkanes) is 1. The lowest BCUT2D eigenvalue weighted by atomic mass is 10.1. The van der Waals surface area contributed by atoms with Gasteiger partial charge in [0, 0.05) is 12.1 Å². The molecule has 0 unspecified atom stereocenters. The number of hydrogen-bond donors (Lipinski definition) is 1. The third-order valence-corrected chi connectivity index (χ3v) is 3.66. The van der Waals surface area contributed by atoms with Crippen molar-refractivity contribution in [2.75, 3.05) is 6.54 Å². The molecule has 2 aliphatic carbocycles. The Labute approximate surface area is 87.3 Å². The van der Waals surface area contributed by atoms with E-state index in [1.165, 1.54) is 45.1 Å². The summed E-state index contributed by atoms with van der Waals surface area (Å²) in [6, 6.07) is 1.31. The summed E-state index contributed by atoms with van der Waals surface area (Å²) in [7, 11) is 0. The third-order valence-electron chi connectivity index (χ3n) is 3.66. The Morgan fingerprint density at radius 3 is 2.50 bits per heavy atom. The van der Waals surface area contributed by atoms with Crippen LogP contribution in [0.4, 0.5) is 0 Å². The summed E-state index contributed by atoms with van der Waals surface area (Å²) in [5, 5.41) is 9.89. The van der Waals surface area contributed by atoms with Crippen molar-refractivity contribution >= 4 is 0 Å². The highest BCUT2D eigenvalue weighted by molar-refractivity contribution is 4.93. The molecule has 82 valence electrons. The molecule has 2 rings (SSSR count). The van der Waals surface area contributed by atoms with Crippen LogP contribution in [-0.2, 0) is 0 Å². The molecular formula is C12H23NO. The predicted octanol–water partition coefficient (Wildman–Crippen LogP) is 2.16. The zero-order chi connectivity index (χ0) is 9.97. The fourth-order valence-electron chi connectivity index (χ4n) is 2.67. The van der Waals surface area contributed by atoms with Crippen LogP contribution >= 0.6 is 0 Å². The molecule has 2 saturated carbocycles. The van der Waals surface area contributed by atoms with Gasteiger partial charge in [-0.05, 0) is 45.1 Å². The van der Waals surface area contributed by atoms with Crippen molar-refractivity contribution in [2.45, 2.75) is 70.1 Å². The topological polar surface area (TPSA) is 23.5 Å². The van der Waals surface area contributed by atoms with Crippen molar-refractivity contribution in [1.82, 2.24) is 4.90 Å². The van der Waals surface area contributed by atoms with E-state index in [4.69, 9.17) is 0 Å². The Morgan fingerprint density at radius 1 is 1.21 bits per heavy atom. The molecule has 0 aromatic rings. The number of nitrogens with zero attached hydrogens (tertiary/aromatic N) is 1. The summed E-state index contributed by atoms with van der Waals surface area (Å²) >= 11 is 0. The average molecular weight is 197 g/mol. The molecule has 2 heteroatoms. The predicted molar refractivity (Wildman–Crippen MR) is 58.3 cm³/mol. The van der Waals surface area contributed by atoms with E-state index in [9.17, 15) is 5.11 Å². The van der Waals surface area contributed by atoms with Crippen LogP contribution in [0, 0.1) is 0 Å². The van der Waals surface area contributed by atoms with Gasteiger partial charge in [-0.3, -0.25) is 4.90 Å². The Kier molecular flexibility index (Phi) is 3.45. The number of aliphatic hydroxyl groups excluding tert-OH is 1. The first kappa shape index (κ1) is 10.4. The Bertz CT molecular complexity index is 179. The molecule has 0 spiro atoms. The molecule has 14 heavy (non-hydrogen) atoms. The van der Waals surface area contributed by atoms with Crippen LogP contribution < -0.4 is 0 Å². The van der Waals surface area contributed by atoms with Crippen LogP contribution in [0.2, 0.25) is 0 Å². The number of aliphatic hydroxyl groups is 1. The summed E-state index contributed by atoms with van der Waals surface area (Å²) < 4.78 is 0. The number of rotatable bonds is 5. The zero-order valence-corrected chi connectivity index (χ0v) is 9.28. The Morgan fingerprint density at radius 2 is 2.00 bits per heavy atom. The van der Waals surface area contributed by atoms with Crippen LogP contribution in [0.3, 0.4) is 0 Å². The lowest BCUT2D eigenvalue weighted by molar-refractivity contribution is 0.0646. The molecule has 0 aromatic heterocycles. The SMILES string of the molecule is CCCCN(C1CC1)[C@H]1CCC[C@@H]1O. The summed E-state index contributed by atoms with van der Waals surface area (Å²) in [4.78, 5) is 2.60. The smallest absolute Gasteiger partial charge is 0.0695 e. The Hall–Kier alpha value is -0.0800. The van der Waals surface area contributed by atoms with E-state index in [-0.39, 0.29) is 6.10 Å². The molecule has 1 N–H and O–H groups in total. The van der Waals surface area contributed by atoms with Crippen LogP contribution in [-0.4, -0.2) is 34.7 Å². The van der Waals surface area contributed by atoms with E-state index in [1.807, 2.05) is 0 Å². The molecule has 2 atom stereocenters. The van der Waals surface area contributed by atoms with Gasteiger partial charge in [-0.1, -0.05) is 13.3 Å². The van der Waals surface area contributed by atoms with E-state index < -0.39 is 0 Å². The lowest BCUT2D eigenvalue weighted by Gasteiger charge is -2.31. The maximum atomic E-state index is 9.89. The normalized spacial score (nSPS) is 32.8. The van der Waals surface area contributed by atoms with E-state index >= 15 is 0 Å². The molecule has 0 amide bonds. The summed E-state index contributed by atoms with van der Waals surface area (Å²) in [5.41, 5.74) is 0.